The van der Waals surface area contributed by atoms with Crippen molar-refractivity contribution in [2.45, 2.75) is 0 Å². The molecule has 0 atom stereocenters. The van der Waals surface area contributed by atoms with Gasteiger partial charge in [-0.3, -0.25) is 0 Å². The molecule has 7 aromatic carbocycles. The zero-order valence-electron chi connectivity index (χ0n) is 25.8. The molecule has 0 aliphatic rings. The van der Waals surface area contributed by atoms with E-state index in [2.05, 4.69) is 130 Å². The summed E-state index contributed by atoms with van der Waals surface area (Å²) in [6.45, 7) is 0. The standard InChI is InChI=1S/C44H26N4/c45-27-29-20-23-44-40(24-29)38-16-5-8-19-43(38)48(44)33-21-22-35(34-13-2-1-10-31(34)28-46)39(26-33)30-11-9-12-32(25-30)47-41-17-6-3-14-36(41)37-15-4-7-18-42(37)47/h1-26H. The largest absolute Gasteiger partial charge is 0.309 e. The quantitative estimate of drug-likeness (QED) is 0.199. The van der Waals surface area contributed by atoms with Crippen LogP contribution >= 0.6 is 0 Å². The molecule has 4 heteroatoms. The summed E-state index contributed by atoms with van der Waals surface area (Å²) in [6, 6.07) is 59.0. The predicted molar refractivity (Wildman–Crippen MR) is 195 cm³/mol. The highest BCUT2D eigenvalue weighted by molar-refractivity contribution is 6.10. The fraction of sp³-hybridized carbons (Fsp3) is 0. The minimum atomic E-state index is 0.631. The first-order valence-corrected chi connectivity index (χ1v) is 15.9. The Morgan fingerprint density at radius 1 is 0.375 bits per heavy atom. The maximum atomic E-state index is 10.1. The van der Waals surface area contributed by atoms with Gasteiger partial charge in [0.2, 0.25) is 0 Å². The number of nitriles is 2. The highest BCUT2D eigenvalue weighted by Crippen LogP contribution is 2.40. The molecule has 4 nitrogen and oxygen atoms in total. The fourth-order valence-corrected chi connectivity index (χ4v) is 7.29. The van der Waals surface area contributed by atoms with Crippen molar-refractivity contribution in [1.29, 1.82) is 10.5 Å². The molecule has 0 unspecified atom stereocenters. The van der Waals surface area contributed by atoms with Crippen LogP contribution in [0.3, 0.4) is 0 Å². The lowest BCUT2D eigenvalue weighted by molar-refractivity contribution is 1.17. The molecule has 0 saturated heterocycles. The number of rotatable bonds is 4. The van der Waals surface area contributed by atoms with Gasteiger partial charge in [-0.1, -0.05) is 91.0 Å². The van der Waals surface area contributed by atoms with Gasteiger partial charge in [-0.15, -0.1) is 0 Å². The van der Waals surface area contributed by atoms with E-state index in [1.807, 2.05) is 48.5 Å². The van der Waals surface area contributed by atoms with Crippen molar-refractivity contribution in [3.63, 3.8) is 0 Å². The van der Waals surface area contributed by atoms with Crippen molar-refractivity contribution in [1.82, 2.24) is 9.13 Å². The van der Waals surface area contributed by atoms with E-state index in [-0.39, 0.29) is 0 Å². The summed E-state index contributed by atoms with van der Waals surface area (Å²) in [6.07, 6.45) is 0. The predicted octanol–water partition coefficient (Wildman–Crippen LogP) is 11.0. The zero-order valence-corrected chi connectivity index (χ0v) is 25.8. The Bertz CT molecular complexity index is 2760. The van der Waals surface area contributed by atoms with Crippen molar-refractivity contribution in [2.24, 2.45) is 0 Å². The number of para-hydroxylation sites is 3. The Balaban J connectivity index is 1.32. The summed E-state index contributed by atoms with van der Waals surface area (Å²) in [5.41, 5.74) is 11.7. The lowest BCUT2D eigenvalue weighted by atomic mass is 9.91. The summed E-state index contributed by atoms with van der Waals surface area (Å²) >= 11 is 0. The Labute approximate surface area is 277 Å². The van der Waals surface area contributed by atoms with Crippen LogP contribution < -0.4 is 0 Å². The molecule has 9 rings (SSSR count). The first-order chi connectivity index (χ1) is 23.7. The van der Waals surface area contributed by atoms with Crippen LogP contribution in [0.4, 0.5) is 0 Å². The molecular weight excluding hydrogens is 585 g/mol. The van der Waals surface area contributed by atoms with E-state index in [0.717, 1.165) is 66.5 Å². The molecule has 0 bridgehead atoms. The van der Waals surface area contributed by atoms with Gasteiger partial charge in [0.1, 0.15) is 0 Å². The molecule has 48 heavy (non-hydrogen) atoms. The Morgan fingerprint density at radius 3 is 1.62 bits per heavy atom. The molecule has 0 saturated carbocycles. The van der Waals surface area contributed by atoms with Gasteiger partial charge in [0, 0.05) is 38.5 Å². The molecule has 2 aromatic heterocycles. The maximum Gasteiger partial charge on any atom is 0.0998 e. The molecular formula is C44H26N4. The van der Waals surface area contributed by atoms with Gasteiger partial charge in [0.15, 0.2) is 0 Å². The van der Waals surface area contributed by atoms with Crippen molar-refractivity contribution < 1.29 is 0 Å². The molecule has 0 fully saturated rings. The van der Waals surface area contributed by atoms with Crippen molar-refractivity contribution in [3.8, 4) is 45.8 Å². The molecule has 0 radical (unpaired) electrons. The normalized spacial score (nSPS) is 11.3. The van der Waals surface area contributed by atoms with E-state index in [1.54, 1.807) is 0 Å². The molecule has 0 amide bonds. The van der Waals surface area contributed by atoms with Crippen LogP contribution in [0.25, 0.3) is 77.2 Å². The number of hydrogen-bond donors (Lipinski definition) is 0. The number of aromatic nitrogens is 2. The Kier molecular flexibility index (Phi) is 6.22. The molecule has 2 heterocycles. The van der Waals surface area contributed by atoms with Gasteiger partial charge < -0.3 is 9.13 Å². The lowest BCUT2D eigenvalue weighted by Gasteiger charge is -2.17. The fourth-order valence-electron chi connectivity index (χ4n) is 7.29. The van der Waals surface area contributed by atoms with E-state index in [4.69, 9.17) is 0 Å². The van der Waals surface area contributed by atoms with Crippen LogP contribution in [-0.2, 0) is 0 Å². The maximum absolute atomic E-state index is 10.1. The van der Waals surface area contributed by atoms with Crippen LogP contribution in [0.1, 0.15) is 11.1 Å². The van der Waals surface area contributed by atoms with Gasteiger partial charge >= 0.3 is 0 Å². The topological polar surface area (TPSA) is 57.4 Å². The van der Waals surface area contributed by atoms with Crippen LogP contribution in [0.5, 0.6) is 0 Å². The smallest absolute Gasteiger partial charge is 0.0998 e. The SMILES string of the molecule is N#Cc1ccc2c(c1)c1ccccc1n2-c1ccc(-c2ccccc2C#N)c(-c2cccc(-n3c4ccccc4c4ccccc43)c2)c1. The minimum Gasteiger partial charge on any atom is -0.309 e. The lowest BCUT2D eigenvalue weighted by Crippen LogP contribution is -1.98. The number of fused-ring (bicyclic) bond motifs is 6. The van der Waals surface area contributed by atoms with Gasteiger partial charge in [-0.25, -0.2) is 0 Å². The summed E-state index contributed by atoms with van der Waals surface area (Å²) in [7, 11) is 0. The molecule has 0 aliphatic heterocycles. The highest BCUT2D eigenvalue weighted by Gasteiger charge is 2.18. The van der Waals surface area contributed by atoms with E-state index in [1.165, 1.54) is 10.8 Å². The third-order valence-corrected chi connectivity index (χ3v) is 9.40. The minimum absolute atomic E-state index is 0.631. The third-order valence-electron chi connectivity index (χ3n) is 9.40. The highest BCUT2D eigenvalue weighted by atomic mass is 15.0. The second-order valence-electron chi connectivity index (χ2n) is 12.0. The first-order valence-electron chi connectivity index (χ1n) is 15.9. The summed E-state index contributed by atoms with van der Waals surface area (Å²) < 4.78 is 4.60. The number of benzene rings is 7. The van der Waals surface area contributed by atoms with Crippen LogP contribution in [0.2, 0.25) is 0 Å². The van der Waals surface area contributed by atoms with Crippen molar-refractivity contribution in [2.75, 3.05) is 0 Å². The Morgan fingerprint density at radius 2 is 0.958 bits per heavy atom. The number of nitrogens with zero attached hydrogens (tertiary/aromatic N) is 4. The van der Waals surface area contributed by atoms with Gasteiger partial charge in [-0.05, 0) is 83.4 Å². The third kappa shape index (κ3) is 4.14. The first kappa shape index (κ1) is 27.4. The van der Waals surface area contributed by atoms with Gasteiger partial charge in [0.05, 0.1) is 45.3 Å². The summed E-state index contributed by atoms with van der Waals surface area (Å²) in [4.78, 5) is 0. The van der Waals surface area contributed by atoms with Crippen molar-refractivity contribution >= 4 is 43.6 Å². The molecule has 0 N–H and O–H groups in total. The van der Waals surface area contributed by atoms with E-state index < -0.39 is 0 Å². The summed E-state index contributed by atoms with van der Waals surface area (Å²) in [5, 5.41) is 24.4. The second-order valence-corrected chi connectivity index (χ2v) is 12.0. The number of hydrogen-bond acceptors (Lipinski definition) is 2. The summed E-state index contributed by atoms with van der Waals surface area (Å²) in [5.74, 6) is 0. The molecule has 9 aromatic rings. The Hall–Kier alpha value is -6.88. The average molecular weight is 611 g/mol. The average Bonchev–Trinajstić information content (AvgIpc) is 3.67. The van der Waals surface area contributed by atoms with Gasteiger partial charge in [0.25, 0.3) is 0 Å². The van der Waals surface area contributed by atoms with E-state index >= 15 is 0 Å². The van der Waals surface area contributed by atoms with Crippen LogP contribution in [-0.4, -0.2) is 9.13 Å². The van der Waals surface area contributed by atoms with Crippen molar-refractivity contribution in [3.05, 3.63) is 169 Å². The molecule has 0 aliphatic carbocycles. The molecule has 222 valence electrons. The van der Waals surface area contributed by atoms with Crippen LogP contribution in [0.15, 0.2) is 158 Å². The van der Waals surface area contributed by atoms with E-state index in [9.17, 15) is 10.5 Å². The monoisotopic (exact) mass is 610 g/mol. The van der Waals surface area contributed by atoms with Crippen LogP contribution in [0, 0.1) is 22.7 Å². The zero-order chi connectivity index (χ0) is 32.2. The second kappa shape index (κ2) is 10.9. The van der Waals surface area contributed by atoms with Gasteiger partial charge in [-0.2, -0.15) is 10.5 Å². The van der Waals surface area contributed by atoms with E-state index in [0.29, 0.717) is 11.1 Å². The molecule has 0 spiro atoms.